The number of hydrogen-bond donors (Lipinski definition) is 1. The molecule has 0 heterocycles. The molecule has 0 saturated carbocycles. The zero-order chi connectivity index (χ0) is 15.8. The van der Waals surface area contributed by atoms with E-state index in [9.17, 15) is 9.90 Å². The van der Waals surface area contributed by atoms with Crippen molar-refractivity contribution >= 4 is 21.9 Å². The molecular weight excluding hydrogens is 340 g/mol. The largest absolute Gasteiger partial charge is 0.502 e. The van der Waals surface area contributed by atoms with Gasteiger partial charge in [0, 0.05) is 12.8 Å². The Bertz CT molecular complexity index is 488. The van der Waals surface area contributed by atoms with Crippen LogP contribution in [0.25, 0.3) is 0 Å². The van der Waals surface area contributed by atoms with Gasteiger partial charge in [0.1, 0.15) is 0 Å². The number of aromatic hydroxyl groups is 1. The number of benzene rings is 1. The minimum absolute atomic E-state index is 0.0536. The number of phenols is 1. The average Bonchev–Trinajstić information content (AvgIpc) is 2.45. The van der Waals surface area contributed by atoms with E-state index in [2.05, 4.69) is 22.5 Å². The number of halogens is 1. The van der Waals surface area contributed by atoms with Crippen LogP contribution in [0.3, 0.4) is 0 Å². The van der Waals surface area contributed by atoms with E-state index in [1.807, 2.05) is 0 Å². The summed E-state index contributed by atoms with van der Waals surface area (Å²) in [6.45, 7) is 3.98. The normalized spacial score (nSPS) is 10.0. The molecule has 0 fully saturated rings. The SMILES string of the molecule is C=C(Br)CCOC(=O)CCc1cc(OC)c(O)c(OC)c1. The van der Waals surface area contributed by atoms with Gasteiger partial charge in [0.15, 0.2) is 11.5 Å². The Morgan fingerprint density at radius 2 is 1.81 bits per heavy atom. The van der Waals surface area contributed by atoms with Gasteiger partial charge in [-0.05, 0) is 28.6 Å². The molecule has 0 spiro atoms. The molecule has 1 rings (SSSR count). The highest BCUT2D eigenvalue weighted by Gasteiger charge is 2.12. The lowest BCUT2D eigenvalue weighted by Crippen LogP contribution is -2.07. The Hall–Kier alpha value is -1.69. The molecule has 0 aliphatic rings. The van der Waals surface area contributed by atoms with E-state index >= 15 is 0 Å². The molecule has 0 aliphatic carbocycles. The van der Waals surface area contributed by atoms with Crippen molar-refractivity contribution in [1.82, 2.24) is 0 Å². The number of hydrogen-bond acceptors (Lipinski definition) is 5. The second-order valence-corrected chi connectivity index (χ2v) is 5.46. The van der Waals surface area contributed by atoms with Crippen molar-refractivity contribution < 1.29 is 24.1 Å². The van der Waals surface area contributed by atoms with Crippen LogP contribution in [0.2, 0.25) is 0 Å². The third-order valence-corrected chi connectivity index (χ3v) is 3.19. The number of esters is 1. The van der Waals surface area contributed by atoms with Gasteiger partial charge in [-0.3, -0.25) is 4.79 Å². The molecule has 0 saturated heterocycles. The van der Waals surface area contributed by atoms with Crippen molar-refractivity contribution in [3.05, 3.63) is 28.8 Å². The minimum atomic E-state index is -0.283. The van der Waals surface area contributed by atoms with Crippen LogP contribution in [0.4, 0.5) is 0 Å². The van der Waals surface area contributed by atoms with Crippen LogP contribution in [-0.4, -0.2) is 31.9 Å². The maximum atomic E-state index is 11.6. The van der Waals surface area contributed by atoms with E-state index in [0.29, 0.717) is 30.9 Å². The molecule has 1 N–H and O–H groups in total. The van der Waals surface area contributed by atoms with E-state index in [0.717, 1.165) is 10.0 Å². The quantitative estimate of drug-likeness (QED) is 0.723. The van der Waals surface area contributed by atoms with Gasteiger partial charge in [-0.15, -0.1) is 0 Å². The molecule has 21 heavy (non-hydrogen) atoms. The fraction of sp³-hybridized carbons (Fsp3) is 0.400. The first-order valence-electron chi connectivity index (χ1n) is 6.40. The molecular formula is C15H19BrO5. The Morgan fingerprint density at radius 3 is 2.29 bits per heavy atom. The minimum Gasteiger partial charge on any atom is -0.502 e. The predicted octanol–water partition coefficient (Wildman–Crippen LogP) is 3.18. The summed E-state index contributed by atoms with van der Waals surface area (Å²) >= 11 is 3.20. The molecule has 0 bridgehead atoms. The zero-order valence-corrected chi connectivity index (χ0v) is 13.7. The molecule has 6 heteroatoms. The summed E-state index contributed by atoms with van der Waals surface area (Å²) in [6.07, 6.45) is 1.31. The summed E-state index contributed by atoms with van der Waals surface area (Å²) in [6, 6.07) is 3.34. The van der Waals surface area contributed by atoms with Gasteiger partial charge in [-0.2, -0.15) is 0 Å². The fourth-order valence-corrected chi connectivity index (χ4v) is 1.85. The Labute approximate surface area is 132 Å². The lowest BCUT2D eigenvalue weighted by Gasteiger charge is -2.11. The maximum Gasteiger partial charge on any atom is 0.306 e. The molecule has 0 unspecified atom stereocenters. The van der Waals surface area contributed by atoms with E-state index in [1.165, 1.54) is 14.2 Å². The van der Waals surface area contributed by atoms with Gasteiger partial charge >= 0.3 is 5.97 Å². The van der Waals surface area contributed by atoms with Gasteiger partial charge in [-0.25, -0.2) is 0 Å². The topological polar surface area (TPSA) is 65.0 Å². The first-order valence-corrected chi connectivity index (χ1v) is 7.20. The van der Waals surface area contributed by atoms with Crippen LogP contribution in [0.5, 0.6) is 17.2 Å². The highest BCUT2D eigenvalue weighted by Crippen LogP contribution is 2.37. The molecule has 0 atom stereocenters. The van der Waals surface area contributed by atoms with Gasteiger partial charge in [0.05, 0.1) is 20.8 Å². The predicted molar refractivity (Wildman–Crippen MR) is 83.2 cm³/mol. The Morgan fingerprint density at radius 1 is 1.24 bits per heavy atom. The molecule has 0 amide bonds. The molecule has 0 aliphatic heterocycles. The lowest BCUT2D eigenvalue weighted by molar-refractivity contribution is -0.143. The first kappa shape index (κ1) is 17.4. The summed E-state index contributed by atoms with van der Waals surface area (Å²) in [4.78, 5) is 11.6. The van der Waals surface area contributed by atoms with Crippen LogP contribution in [0.1, 0.15) is 18.4 Å². The van der Waals surface area contributed by atoms with Gasteiger partial charge < -0.3 is 19.3 Å². The third kappa shape index (κ3) is 5.67. The summed E-state index contributed by atoms with van der Waals surface area (Å²) < 4.78 is 16.0. The molecule has 1 aromatic carbocycles. The van der Waals surface area contributed by atoms with Crippen molar-refractivity contribution in [1.29, 1.82) is 0 Å². The fourth-order valence-electron chi connectivity index (χ4n) is 1.69. The molecule has 5 nitrogen and oxygen atoms in total. The van der Waals surface area contributed by atoms with Gasteiger partial charge in [-0.1, -0.05) is 22.5 Å². The summed E-state index contributed by atoms with van der Waals surface area (Å²) in [7, 11) is 2.92. The standard InChI is InChI=1S/C15H19BrO5/c1-10(16)6-7-21-14(17)5-4-11-8-12(19-2)15(18)13(9-11)20-3/h8-9,18H,1,4-7H2,2-3H3. The van der Waals surface area contributed by atoms with Crippen molar-refractivity contribution in [3.63, 3.8) is 0 Å². The van der Waals surface area contributed by atoms with E-state index < -0.39 is 0 Å². The van der Waals surface area contributed by atoms with Crippen LogP contribution >= 0.6 is 15.9 Å². The average molecular weight is 359 g/mol. The van der Waals surface area contributed by atoms with Crippen molar-refractivity contribution in [3.8, 4) is 17.2 Å². The number of rotatable bonds is 8. The van der Waals surface area contributed by atoms with Gasteiger partial charge in [0.25, 0.3) is 0 Å². The Kier molecular flexibility index (Phi) is 7.08. The maximum absolute atomic E-state index is 11.6. The number of ether oxygens (including phenoxy) is 3. The number of methoxy groups -OCH3 is 2. The van der Waals surface area contributed by atoms with Crippen molar-refractivity contribution in [2.75, 3.05) is 20.8 Å². The lowest BCUT2D eigenvalue weighted by atomic mass is 10.1. The van der Waals surface area contributed by atoms with E-state index in [1.54, 1.807) is 12.1 Å². The first-order chi connectivity index (χ1) is 9.97. The molecule has 0 aromatic heterocycles. The molecule has 116 valence electrons. The van der Waals surface area contributed by atoms with Crippen LogP contribution in [0.15, 0.2) is 23.2 Å². The highest BCUT2D eigenvalue weighted by atomic mass is 79.9. The Balaban J connectivity index is 2.59. The summed E-state index contributed by atoms with van der Waals surface area (Å²) in [5.74, 6) is 0.290. The smallest absolute Gasteiger partial charge is 0.306 e. The van der Waals surface area contributed by atoms with Crippen LogP contribution in [-0.2, 0) is 16.0 Å². The summed E-state index contributed by atoms with van der Waals surface area (Å²) in [5.41, 5.74) is 0.823. The molecule has 0 radical (unpaired) electrons. The second-order valence-electron chi connectivity index (χ2n) is 4.34. The molecule has 1 aromatic rings. The number of carbonyl (C=O) groups excluding carboxylic acids is 1. The van der Waals surface area contributed by atoms with E-state index in [-0.39, 0.29) is 18.1 Å². The zero-order valence-electron chi connectivity index (χ0n) is 12.1. The van der Waals surface area contributed by atoms with Gasteiger partial charge in [0.2, 0.25) is 5.75 Å². The number of carbonyl (C=O) groups is 1. The third-order valence-electron chi connectivity index (χ3n) is 2.79. The highest BCUT2D eigenvalue weighted by molar-refractivity contribution is 9.11. The summed E-state index contributed by atoms with van der Waals surface area (Å²) in [5, 5.41) is 9.80. The number of aryl methyl sites for hydroxylation is 1. The van der Waals surface area contributed by atoms with Crippen LogP contribution < -0.4 is 9.47 Å². The van der Waals surface area contributed by atoms with Crippen molar-refractivity contribution in [2.45, 2.75) is 19.3 Å². The van der Waals surface area contributed by atoms with Crippen LogP contribution in [0, 0.1) is 0 Å². The second kappa shape index (κ2) is 8.56. The van der Waals surface area contributed by atoms with E-state index in [4.69, 9.17) is 14.2 Å². The monoisotopic (exact) mass is 358 g/mol. The number of phenolic OH excluding ortho intramolecular Hbond substituents is 1. The van der Waals surface area contributed by atoms with Crippen molar-refractivity contribution in [2.24, 2.45) is 0 Å².